The van der Waals surface area contributed by atoms with Gasteiger partial charge in [-0.3, -0.25) is 0 Å². The molecule has 2 aliphatic carbocycles. The maximum atomic E-state index is 14.9. The summed E-state index contributed by atoms with van der Waals surface area (Å²) in [6.45, 7) is 6.84. The summed E-state index contributed by atoms with van der Waals surface area (Å²) in [4.78, 5) is 4.51. The number of hydrogen-bond acceptors (Lipinski definition) is 2. The zero-order valence-corrected chi connectivity index (χ0v) is 19.7. The van der Waals surface area contributed by atoms with Crippen LogP contribution in [-0.2, 0) is 4.74 Å². The quantitative estimate of drug-likeness (QED) is 0.483. The lowest BCUT2D eigenvalue weighted by molar-refractivity contribution is 0.116. The van der Waals surface area contributed by atoms with Gasteiger partial charge in [-0.1, -0.05) is 50.1 Å². The van der Waals surface area contributed by atoms with Crippen LogP contribution in [0.4, 0.5) is 4.39 Å². The molecule has 1 aliphatic heterocycles. The molecule has 2 saturated carbocycles. The summed E-state index contributed by atoms with van der Waals surface area (Å²) in [6.07, 6.45) is 9.73. The minimum absolute atomic E-state index is 0.274. The number of benzene rings is 2. The summed E-state index contributed by atoms with van der Waals surface area (Å²) >= 11 is 0. The fraction of sp³-hybridized carbons (Fsp3) is 0.552. The van der Waals surface area contributed by atoms with Gasteiger partial charge in [0.1, 0.15) is 12.4 Å². The number of ether oxygens (including phenoxy) is 1. The molecule has 0 aromatic heterocycles. The largest absolute Gasteiger partial charge is 0.475 e. The third-order valence-corrected chi connectivity index (χ3v) is 8.18. The zero-order chi connectivity index (χ0) is 22.3. The monoisotopic (exact) mass is 433 g/mol. The van der Waals surface area contributed by atoms with Gasteiger partial charge in [-0.15, -0.1) is 0 Å². The number of aliphatic imine (C=N–C) groups is 1. The van der Waals surface area contributed by atoms with Gasteiger partial charge >= 0.3 is 0 Å². The van der Waals surface area contributed by atoms with E-state index in [-0.39, 0.29) is 11.4 Å². The van der Waals surface area contributed by atoms with Crippen molar-refractivity contribution in [1.29, 1.82) is 0 Å². The maximum absolute atomic E-state index is 14.9. The van der Waals surface area contributed by atoms with Gasteiger partial charge in [0, 0.05) is 0 Å². The molecule has 2 aromatic rings. The van der Waals surface area contributed by atoms with E-state index < -0.39 is 0 Å². The number of fused-ring (bicyclic) bond motifs is 1. The molecular weight excluding hydrogens is 397 g/mol. The molecule has 1 heterocycles. The lowest BCUT2D eigenvalue weighted by atomic mass is 9.63. The van der Waals surface area contributed by atoms with Crippen molar-refractivity contribution >= 4 is 5.90 Å². The van der Waals surface area contributed by atoms with E-state index in [1.807, 2.05) is 19.9 Å². The Kier molecular flexibility index (Phi) is 5.86. The van der Waals surface area contributed by atoms with E-state index in [0.717, 1.165) is 28.9 Å². The molecular formula is C29H36FNO. The van der Waals surface area contributed by atoms with Crippen LogP contribution in [0, 0.1) is 23.6 Å². The Labute approximate surface area is 192 Å². The fourth-order valence-electron chi connectivity index (χ4n) is 6.20. The SMILES string of the molecule is CCC1CC[C@@H]2C[C@H](c3ccc(-c4ccc(C5=NC(C)(C)CO5)c(F)c4)cc3)CC[C@@H]2C1. The van der Waals surface area contributed by atoms with E-state index in [2.05, 4.69) is 36.2 Å². The highest BCUT2D eigenvalue weighted by molar-refractivity contribution is 5.96. The summed E-state index contributed by atoms with van der Waals surface area (Å²) in [6, 6.07) is 14.3. The summed E-state index contributed by atoms with van der Waals surface area (Å²) in [7, 11) is 0. The van der Waals surface area contributed by atoms with Crippen molar-refractivity contribution < 1.29 is 9.13 Å². The molecule has 0 bridgehead atoms. The molecule has 0 N–H and O–H groups in total. The number of halogens is 1. The van der Waals surface area contributed by atoms with Crippen LogP contribution < -0.4 is 0 Å². The Morgan fingerprint density at radius 1 is 0.938 bits per heavy atom. The highest BCUT2D eigenvalue weighted by Gasteiger charge is 2.35. The molecule has 32 heavy (non-hydrogen) atoms. The van der Waals surface area contributed by atoms with Gasteiger partial charge in [0.2, 0.25) is 5.90 Å². The van der Waals surface area contributed by atoms with Crippen molar-refractivity contribution in [3.8, 4) is 11.1 Å². The van der Waals surface area contributed by atoms with E-state index in [1.165, 1.54) is 50.5 Å². The molecule has 2 aromatic carbocycles. The Hall–Kier alpha value is -2.16. The Bertz CT molecular complexity index is 993. The molecule has 3 aliphatic rings. The number of rotatable bonds is 4. The summed E-state index contributed by atoms with van der Waals surface area (Å²) in [5, 5.41) is 0. The van der Waals surface area contributed by atoms with Gasteiger partial charge in [-0.05, 0) is 98.4 Å². The third kappa shape index (κ3) is 4.36. The van der Waals surface area contributed by atoms with Gasteiger partial charge in [-0.2, -0.15) is 0 Å². The Morgan fingerprint density at radius 3 is 2.34 bits per heavy atom. The van der Waals surface area contributed by atoms with Crippen LogP contribution in [0.2, 0.25) is 0 Å². The summed E-state index contributed by atoms with van der Waals surface area (Å²) in [5.41, 5.74) is 3.58. The van der Waals surface area contributed by atoms with Crippen molar-refractivity contribution in [2.75, 3.05) is 6.61 Å². The topological polar surface area (TPSA) is 21.6 Å². The normalized spacial score (nSPS) is 29.2. The van der Waals surface area contributed by atoms with E-state index >= 15 is 0 Å². The van der Waals surface area contributed by atoms with Crippen molar-refractivity contribution in [2.45, 2.75) is 77.2 Å². The van der Waals surface area contributed by atoms with E-state index in [1.54, 1.807) is 12.1 Å². The van der Waals surface area contributed by atoms with E-state index in [4.69, 9.17) is 4.74 Å². The van der Waals surface area contributed by atoms with Crippen LogP contribution in [0.25, 0.3) is 11.1 Å². The second-order valence-corrected chi connectivity index (χ2v) is 11.0. The van der Waals surface area contributed by atoms with Crippen molar-refractivity contribution in [3.05, 3.63) is 59.4 Å². The van der Waals surface area contributed by atoms with E-state index in [9.17, 15) is 4.39 Å². The van der Waals surface area contributed by atoms with Crippen LogP contribution in [0.1, 0.15) is 82.8 Å². The minimum atomic E-state index is -0.287. The van der Waals surface area contributed by atoms with Gasteiger partial charge in [0.15, 0.2) is 0 Å². The second kappa shape index (κ2) is 8.65. The van der Waals surface area contributed by atoms with Crippen molar-refractivity contribution in [1.82, 2.24) is 0 Å². The van der Waals surface area contributed by atoms with Gasteiger partial charge < -0.3 is 4.74 Å². The predicted octanol–water partition coefficient (Wildman–Crippen LogP) is 7.76. The summed E-state index contributed by atoms with van der Waals surface area (Å²) in [5.74, 6) is 3.68. The first-order valence-electron chi connectivity index (χ1n) is 12.5. The first-order valence-corrected chi connectivity index (χ1v) is 12.5. The lowest BCUT2D eigenvalue weighted by Gasteiger charge is -2.42. The number of hydrogen-bond donors (Lipinski definition) is 0. The van der Waals surface area contributed by atoms with Gasteiger partial charge in [0.25, 0.3) is 0 Å². The Balaban J connectivity index is 1.28. The third-order valence-electron chi connectivity index (χ3n) is 8.18. The van der Waals surface area contributed by atoms with Crippen LogP contribution in [0.3, 0.4) is 0 Å². The first-order chi connectivity index (χ1) is 15.4. The zero-order valence-electron chi connectivity index (χ0n) is 19.7. The molecule has 0 radical (unpaired) electrons. The molecule has 0 spiro atoms. The van der Waals surface area contributed by atoms with Crippen molar-refractivity contribution in [2.24, 2.45) is 22.7 Å². The molecule has 3 heteroatoms. The first kappa shape index (κ1) is 21.7. The Morgan fingerprint density at radius 2 is 1.66 bits per heavy atom. The van der Waals surface area contributed by atoms with Gasteiger partial charge in [-0.25, -0.2) is 9.38 Å². The lowest BCUT2D eigenvalue weighted by Crippen LogP contribution is -2.30. The average molecular weight is 434 g/mol. The molecule has 0 saturated heterocycles. The molecule has 2 nitrogen and oxygen atoms in total. The standard InChI is InChI=1S/C29H36FNO/c1-4-19-5-6-24-16-23(12-11-22(24)15-19)20-7-9-21(10-8-20)25-13-14-26(27(30)17-25)28-31-29(2,3)18-32-28/h7-10,13-14,17,19,22-24H,4-6,11-12,15-16,18H2,1-3H3/t19?,22-,23-,24-/m1/s1. The predicted molar refractivity (Wildman–Crippen MR) is 130 cm³/mol. The van der Waals surface area contributed by atoms with E-state index in [0.29, 0.717) is 24.0 Å². The molecule has 170 valence electrons. The van der Waals surface area contributed by atoms with Crippen LogP contribution in [0.5, 0.6) is 0 Å². The van der Waals surface area contributed by atoms with Gasteiger partial charge in [0.05, 0.1) is 11.1 Å². The van der Waals surface area contributed by atoms with Crippen molar-refractivity contribution in [3.63, 3.8) is 0 Å². The van der Waals surface area contributed by atoms with Crippen LogP contribution in [-0.4, -0.2) is 18.0 Å². The summed E-state index contributed by atoms with van der Waals surface area (Å²) < 4.78 is 20.5. The smallest absolute Gasteiger partial charge is 0.219 e. The minimum Gasteiger partial charge on any atom is -0.475 e. The molecule has 5 rings (SSSR count). The molecule has 1 unspecified atom stereocenters. The fourth-order valence-corrected chi connectivity index (χ4v) is 6.20. The molecule has 4 atom stereocenters. The van der Waals surface area contributed by atoms with Crippen LogP contribution >= 0.6 is 0 Å². The number of nitrogens with zero attached hydrogens (tertiary/aromatic N) is 1. The molecule has 0 amide bonds. The second-order valence-electron chi connectivity index (χ2n) is 11.0. The highest BCUT2D eigenvalue weighted by Crippen LogP contribution is 2.48. The highest BCUT2D eigenvalue weighted by atomic mass is 19.1. The average Bonchev–Trinajstić information content (AvgIpc) is 3.17. The maximum Gasteiger partial charge on any atom is 0.219 e. The molecule has 2 fully saturated rings. The van der Waals surface area contributed by atoms with Crippen LogP contribution in [0.15, 0.2) is 47.5 Å².